The number of carbonyl (C=O) groups excluding carboxylic acids is 2. The van der Waals surface area contributed by atoms with E-state index in [1.165, 1.54) is 26.4 Å². The second-order valence-corrected chi connectivity index (χ2v) is 2.31. The molecule has 0 radical (unpaired) electrons. The van der Waals surface area contributed by atoms with Gasteiger partial charge >= 0.3 is 0 Å². The fraction of sp³-hybridized carbons (Fsp3) is 0.250. The third-order valence-corrected chi connectivity index (χ3v) is 1.42. The summed E-state index contributed by atoms with van der Waals surface area (Å²) in [5.74, 6) is -0.298. The molecule has 3 nitrogen and oxygen atoms in total. The maximum atomic E-state index is 10.8. The summed E-state index contributed by atoms with van der Waals surface area (Å²) in [7, 11) is 0. The summed E-state index contributed by atoms with van der Waals surface area (Å²) in [6.07, 6.45) is 2.58. The molecule has 0 saturated heterocycles. The SMILES string of the molecule is CC(=O)c1cocc1C(C)=O. The molecule has 0 spiro atoms. The molecule has 0 atom stereocenters. The quantitative estimate of drug-likeness (QED) is 0.606. The molecule has 0 aliphatic heterocycles. The fourth-order valence-corrected chi connectivity index (χ4v) is 0.842. The largest absolute Gasteiger partial charge is 0.471 e. The molecule has 0 amide bonds. The Morgan fingerprint density at radius 3 is 1.73 bits per heavy atom. The van der Waals surface area contributed by atoms with Crippen LogP contribution in [0.15, 0.2) is 16.9 Å². The number of Topliss-reactive ketones (excluding diaryl/α,β-unsaturated/α-hetero) is 2. The van der Waals surface area contributed by atoms with E-state index in [-0.39, 0.29) is 11.6 Å². The molecular weight excluding hydrogens is 144 g/mol. The van der Waals surface area contributed by atoms with Gasteiger partial charge in [0.2, 0.25) is 0 Å². The Balaban J connectivity index is 3.16. The Kier molecular flexibility index (Phi) is 1.89. The maximum Gasteiger partial charge on any atom is 0.163 e. The lowest BCUT2D eigenvalue weighted by molar-refractivity contribution is 0.0981. The molecule has 1 aromatic heterocycles. The van der Waals surface area contributed by atoms with E-state index < -0.39 is 0 Å². The van der Waals surface area contributed by atoms with Crippen molar-refractivity contribution in [2.24, 2.45) is 0 Å². The van der Waals surface area contributed by atoms with Crippen molar-refractivity contribution >= 4 is 11.6 Å². The molecule has 1 heterocycles. The van der Waals surface area contributed by atoms with E-state index in [1.54, 1.807) is 0 Å². The Hall–Kier alpha value is -1.38. The van der Waals surface area contributed by atoms with Crippen LogP contribution < -0.4 is 0 Å². The summed E-state index contributed by atoms with van der Waals surface area (Å²) in [6, 6.07) is 0. The standard InChI is InChI=1S/C8H8O3/c1-5(9)7-3-11-4-8(7)6(2)10/h3-4H,1-2H3. The van der Waals surface area contributed by atoms with Crippen LogP contribution in [0, 0.1) is 0 Å². The summed E-state index contributed by atoms with van der Waals surface area (Å²) in [5.41, 5.74) is 0.718. The summed E-state index contributed by atoms with van der Waals surface area (Å²) in [5, 5.41) is 0. The van der Waals surface area contributed by atoms with E-state index in [9.17, 15) is 9.59 Å². The number of rotatable bonds is 2. The summed E-state index contributed by atoms with van der Waals surface area (Å²) in [4.78, 5) is 21.6. The van der Waals surface area contributed by atoms with E-state index in [2.05, 4.69) is 0 Å². The predicted molar refractivity (Wildman–Crippen MR) is 38.7 cm³/mol. The Labute approximate surface area is 64.0 Å². The molecule has 0 fully saturated rings. The zero-order valence-electron chi connectivity index (χ0n) is 6.38. The van der Waals surface area contributed by atoms with Crippen molar-refractivity contribution in [3.63, 3.8) is 0 Å². The molecule has 0 aliphatic carbocycles. The smallest absolute Gasteiger partial charge is 0.163 e. The van der Waals surface area contributed by atoms with Crippen molar-refractivity contribution in [2.45, 2.75) is 13.8 Å². The molecule has 58 valence electrons. The van der Waals surface area contributed by atoms with Crippen LogP contribution in [0.2, 0.25) is 0 Å². The summed E-state index contributed by atoms with van der Waals surface area (Å²) >= 11 is 0. The van der Waals surface area contributed by atoms with Crippen LogP contribution >= 0.6 is 0 Å². The monoisotopic (exact) mass is 152 g/mol. The van der Waals surface area contributed by atoms with Gasteiger partial charge in [0.1, 0.15) is 12.5 Å². The zero-order chi connectivity index (χ0) is 8.43. The molecule has 1 aromatic rings. The average molecular weight is 152 g/mol. The first-order valence-corrected chi connectivity index (χ1v) is 3.21. The van der Waals surface area contributed by atoms with Gasteiger partial charge in [-0.1, -0.05) is 0 Å². The first-order chi connectivity index (χ1) is 5.13. The van der Waals surface area contributed by atoms with Crippen molar-refractivity contribution in [3.8, 4) is 0 Å². The van der Waals surface area contributed by atoms with Gasteiger partial charge in [-0.2, -0.15) is 0 Å². The van der Waals surface area contributed by atoms with Crippen LogP contribution in [0.25, 0.3) is 0 Å². The van der Waals surface area contributed by atoms with Crippen molar-refractivity contribution < 1.29 is 14.0 Å². The first kappa shape index (κ1) is 7.72. The predicted octanol–water partition coefficient (Wildman–Crippen LogP) is 1.68. The molecule has 0 N–H and O–H groups in total. The van der Waals surface area contributed by atoms with Crippen LogP contribution in [0.4, 0.5) is 0 Å². The second kappa shape index (κ2) is 2.70. The van der Waals surface area contributed by atoms with Crippen LogP contribution in [0.5, 0.6) is 0 Å². The van der Waals surface area contributed by atoms with Gasteiger partial charge in [0.25, 0.3) is 0 Å². The third-order valence-electron chi connectivity index (χ3n) is 1.42. The van der Waals surface area contributed by atoms with Crippen LogP contribution in [0.1, 0.15) is 34.6 Å². The van der Waals surface area contributed by atoms with Crippen molar-refractivity contribution in [1.29, 1.82) is 0 Å². The minimum absolute atomic E-state index is 0.149. The van der Waals surface area contributed by atoms with E-state index in [4.69, 9.17) is 4.42 Å². The van der Waals surface area contributed by atoms with E-state index in [0.717, 1.165) is 0 Å². The Bertz CT molecular complexity index is 268. The van der Waals surface area contributed by atoms with Gasteiger partial charge < -0.3 is 4.42 Å². The molecule has 0 bridgehead atoms. The topological polar surface area (TPSA) is 47.3 Å². The average Bonchev–Trinajstić information content (AvgIpc) is 2.32. The fourth-order valence-electron chi connectivity index (χ4n) is 0.842. The van der Waals surface area contributed by atoms with E-state index in [0.29, 0.717) is 11.1 Å². The minimum atomic E-state index is -0.149. The lowest BCUT2D eigenvalue weighted by Gasteiger charge is -1.90. The van der Waals surface area contributed by atoms with E-state index in [1.807, 2.05) is 0 Å². The van der Waals surface area contributed by atoms with E-state index >= 15 is 0 Å². The Morgan fingerprint density at radius 2 is 1.45 bits per heavy atom. The maximum absolute atomic E-state index is 10.8. The first-order valence-electron chi connectivity index (χ1n) is 3.21. The Morgan fingerprint density at radius 1 is 1.09 bits per heavy atom. The molecule has 3 heteroatoms. The molecule has 0 aliphatic rings. The van der Waals surface area contributed by atoms with Gasteiger partial charge in [0, 0.05) is 0 Å². The van der Waals surface area contributed by atoms with Crippen LogP contribution in [-0.2, 0) is 0 Å². The molecule has 0 unspecified atom stereocenters. The lowest BCUT2D eigenvalue weighted by atomic mass is 10.1. The number of carbonyl (C=O) groups is 2. The number of hydrogen-bond donors (Lipinski definition) is 0. The van der Waals surface area contributed by atoms with Crippen molar-refractivity contribution in [3.05, 3.63) is 23.7 Å². The highest BCUT2D eigenvalue weighted by molar-refractivity contribution is 6.06. The highest BCUT2D eigenvalue weighted by Crippen LogP contribution is 2.11. The van der Waals surface area contributed by atoms with Gasteiger partial charge in [-0.25, -0.2) is 0 Å². The second-order valence-electron chi connectivity index (χ2n) is 2.31. The normalized spacial score (nSPS) is 9.64. The summed E-state index contributed by atoms with van der Waals surface area (Å²) in [6.45, 7) is 2.80. The zero-order valence-corrected chi connectivity index (χ0v) is 6.38. The molecular formula is C8H8O3. The van der Waals surface area contributed by atoms with Gasteiger partial charge in [0.05, 0.1) is 11.1 Å². The number of hydrogen-bond acceptors (Lipinski definition) is 3. The van der Waals surface area contributed by atoms with Crippen LogP contribution in [0.3, 0.4) is 0 Å². The molecule has 0 saturated carbocycles. The lowest BCUT2D eigenvalue weighted by Crippen LogP contribution is -1.99. The molecule has 11 heavy (non-hydrogen) atoms. The highest BCUT2D eigenvalue weighted by atomic mass is 16.3. The van der Waals surface area contributed by atoms with Gasteiger partial charge in [-0.15, -0.1) is 0 Å². The number of ketones is 2. The van der Waals surface area contributed by atoms with Gasteiger partial charge in [-0.05, 0) is 13.8 Å². The van der Waals surface area contributed by atoms with Crippen molar-refractivity contribution in [2.75, 3.05) is 0 Å². The summed E-state index contributed by atoms with van der Waals surface area (Å²) < 4.78 is 4.73. The number of furan rings is 1. The minimum Gasteiger partial charge on any atom is -0.471 e. The highest BCUT2D eigenvalue weighted by Gasteiger charge is 2.12. The van der Waals surface area contributed by atoms with Gasteiger partial charge in [-0.3, -0.25) is 9.59 Å². The van der Waals surface area contributed by atoms with Gasteiger partial charge in [0.15, 0.2) is 11.6 Å². The molecule has 1 rings (SSSR count). The third kappa shape index (κ3) is 1.37. The van der Waals surface area contributed by atoms with Crippen LogP contribution in [-0.4, -0.2) is 11.6 Å². The van der Waals surface area contributed by atoms with Crippen molar-refractivity contribution in [1.82, 2.24) is 0 Å². The molecule has 0 aromatic carbocycles.